The van der Waals surface area contributed by atoms with Gasteiger partial charge in [-0.05, 0) is 25.1 Å². The molecule has 1 heterocycles. The summed E-state index contributed by atoms with van der Waals surface area (Å²) >= 11 is 0. The van der Waals surface area contributed by atoms with Crippen LogP contribution >= 0.6 is 0 Å². The molecule has 1 aromatic heterocycles. The van der Waals surface area contributed by atoms with Crippen molar-refractivity contribution < 1.29 is 18.1 Å². The normalized spacial score (nSPS) is 10.5. The van der Waals surface area contributed by atoms with Crippen molar-refractivity contribution in [3.05, 3.63) is 52.9 Å². The van der Waals surface area contributed by atoms with Gasteiger partial charge in [0.05, 0.1) is 5.69 Å². The molecule has 2 aromatic rings. The Bertz CT molecular complexity index is 596. The van der Waals surface area contributed by atoms with Gasteiger partial charge in [-0.3, -0.25) is 4.79 Å². The highest BCUT2D eigenvalue weighted by molar-refractivity contribution is 5.94. The van der Waals surface area contributed by atoms with Gasteiger partial charge < -0.3 is 9.84 Å². The van der Waals surface area contributed by atoms with Gasteiger partial charge in [0.1, 0.15) is 5.76 Å². The molecular formula is C13H12F2N2O2. The van der Waals surface area contributed by atoms with Crippen LogP contribution in [-0.2, 0) is 6.42 Å². The number of rotatable bonds is 4. The van der Waals surface area contributed by atoms with Crippen molar-refractivity contribution in [3.63, 3.8) is 0 Å². The van der Waals surface area contributed by atoms with Crippen LogP contribution < -0.4 is 5.32 Å². The van der Waals surface area contributed by atoms with E-state index in [0.717, 1.165) is 17.8 Å². The zero-order valence-corrected chi connectivity index (χ0v) is 10.2. The van der Waals surface area contributed by atoms with Crippen LogP contribution in [0.15, 0.2) is 28.8 Å². The fourth-order valence-corrected chi connectivity index (χ4v) is 1.57. The molecule has 0 spiro atoms. The number of aromatic nitrogens is 1. The van der Waals surface area contributed by atoms with Crippen LogP contribution in [0, 0.1) is 18.6 Å². The first-order valence-corrected chi connectivity index (χ1v) is 5.71. The lowest BCUT2D eigenvalue weighted by atomic mass is 10.2. The molecule has 0 atom stereocenters. The Morgan fingerprint density at radius 1 is 1.32 bits per heavy atom. The van der Waals surface area contributed by atoms with E-state index in [1.54, 1.807) is 13.0 Å². The van der Waals surface area contributed by atoms with E-state index in [1.165, 1.54) is 6.07 Å². The predicted molar refractivity (Wildman–Crippen MR) is 63.6 cm³/mol. The van der Waals surface area contributed by atoms with Gasteiger partial charge in [-0.25, -0.2) is 8.78 Å². The second-order valence-electron chi connectivity index (χ2n) is 4.07. The minimum Gasteiger partial charge on any atom is -0.361 e. The van der Waals surface area contributed by atoms with Crippen molar-refractivity contribution in [1.82, 2.24) is 10.5 Å². The summed E-state index contributed by atoms with van der Waals surface area (Å²) in [5.41, 5.74) is 0.842. The van der Waals surface area contributed by atoms with E-state index in [2.05, 4.69) is 10.5 Å². The molecule has 19 heavy (non-hydrogen) atoms. The number of carbonyl (C=O) groups is 1. The van der Waals surface area contributed by atoms with Crippen LogP contribution in [0.25, 0.3) is 0 Å². The molecule has 2 rings (SSSR count). The molecule has 0 aliphatic carbocycles. The molecule has 6 heteroatoms. The smallest absolute Gasteiger partial charge is 0.251 e. The van der Waals surface area contributed by atoms with Gasteiger partial charge in [-0.1, -0.05) is 5.16 Å². The first-order valence-electron chi connectivity index (χ1n) is 5.71. The van der Waals surface area contributed by atoms with E-state index in [0.29, 0.717) is 18.7 Å². The van der Waals surface area contributed by atoms with Crippen molar-refractivity contribution in [2.45, 2.75) is 13.3 Å². The van der Waals surface area contributed by atoms with E-state index in [1.807, 2.05) is 0 Å². The number of hydrogen-bond donors (Lipinski definition) is 1. The van der Waals surface area contributed by atoms with Gasteiger partial charge in [0.2, 0.25) is 0 Å². The zero-order chi connectivity index (χ0) is 13.8. The van der Waals surface area contributed by atoms with Crippen molar-refractivity contribution in [1.29, 1.82) is 0 Å². The minimum atomic E-state index is -1.04. The van der Waals surface area contributed by atoms with Crippen LogP contribution in [0.3, 0.4) is 0 Å². The maximum Gasteiger partial charge on any atom is 0.251 e. The van der Waals surface area contributed by atoms with E-state index in [-0.39, 0.29) is 5.56 Å². The number of amides is 1. The molecule has 4 nitrogen and oxygen atoms in total. The van der Waals surface area contributed by atoms with Crippen molar-refractivity contribution >= 4 is 5.91 Å². The van der Waals surface area contributed by atoms with E-state index < -0.39 is 17.5 Å². The SMILES string of the molecule is Cc1cc(CCNC(=O)c2ccc(F)c(F)c2)on1. The summed E-state index contributed by atoms with van der Waals surface area (Å²) in [4.78, 5) is 11.7. The van der Waals surface area contributed by atoms with Crippen molar-refractivity contribution in [3.8, 4) is 0 Å². The molecule has 0 aliphatic rings. The molecule has 0 unspecified atom stereocenters. The van der Waals surface area contributed by atoms with E-state index in [4.69, 9.17) is 4.52 Å². The molecule has 0 aliphatic heterocycles. The molecule has 0 saturated carbocycles. The number of benzene rings is 1. The quantitative estimate of drug-likeness (QED) is 0.923. The standard InChI is InChI=1S/C13H12F2N2O2/c1-8-6-10(19-17-8)4-5-16-13(18)9-2-3-11(14)12(15)7-9/h2-3,6-7H,4-5H2,1H3,(H,16,18). The Balaban J connectivity index is 1.89. The second-order valence-corrected chi connectivity index (χ2v) is 4.07. The van der Waals surface area contributed by atoms with Crippen LogP contribution in [0.5, 0.6) is 0 Å². The third-order valence-corrected chi connectivity index (χ3v) is 2.52. The number of aryl methyl sites for hydroxylation is 1. The summed E-state index contributed by atoms with van der Waals surface area (Å²) in [6.45, 7) is 2.12. The fraction of sp³-hybridized carbons (Fsp3) is 0.231. The lowest BCUT2D eigenvalue weighted by Crippen LogP contribution is -2.25. The highest BCUT2D eigenvalue weighted by Gasteiger charge is 2.09. The van der Waals surface area contributed by atoms with E-state index >= 15 is 0 Å². The number of nitrogens with one attached hydrogen (secondary N) is 1. The Morgan fingerprint density at radius 3 is 2.74 bits per heavy atom. The van der Waals surface area contributed by atoms with Gasteiger partial charge in [-0.2, -0.15) is 0 Å². The maximum absolute atomic E-state index is 13.0. The molecule has 0 radical (unpaired) electrons. The van der Waals surface area contributed by atoms with Crippen LogP contribution in [-0.4, -0.2) is 17.6 Å². The first kappa shape index (κ1) is 13.2. The molecule has 100 valence electrons. The topological polar surface area (TPSA) is 55.1 Å². The third-order valence-electron chi connectivity index (χ3n) is 2.52. The largest absolute Gasteiger partial charge is 0.361 e. The molecule has 0 bridgehead atoms. The monoisotopic (exact) mass is 266 g/mol. The average Bonchev–Trinajstić information content (AvgIpc) is 2.78. The Morgan fingerprint density at radius 2 is 2.11 bits per heavy atom. The number of halogens is 2. The van der Waals surface area contributed by atoms with Gasteiger partial charge in [0.15, 0.2) is 11.6 Å². The molecule has 1 N–H and O–H groups in total. The molecule has 0 fully saturated rings. The van der Waals surface area contributed by atoms with Gasteiger partial charge >= 0.3 is 0 Å². The number of nitrogens with zero attached hydrogens (tertiary/aromatic N) is 1. The van der Waals surface area contributed by atoms with Crippen molar-refractivity contribution in [2.24, 2.45) is 0 Å². The zero-order valence-electron chi connectivity index (χ0n) is 10.2. The molecular weight excluding hydrogens is 254 g/mol. The average molecular weight is 266 g/mol. The Kier molecular flexibility index (Phi) is 3.89. The number of carbonyl (C=O) groups excluding carboxylic acids is 1. The van der Waals surface area contributed by atoms with Crippen LogP contribution in [0.2, 0.25) is 0 Å². The van der Waals surface area contributed by atoms with Gasteiger partial charge in [-0.15, -0.1) is 0 Å². The Hall–Kier alpha value is -2.24. The summed E-state index contributed by atoms with van der Waals surface area (Å²) in [5, 5.41) is 6.30. The number of hydrogen-bond acceptors (Lipinski definition) is 3. The Labute approximate surface area is 108 Å². The van der Waals surface area contributed by atoms with E-state index in [9.17, 15) is 13.6 Å². The highest BCUT2D eigenvalue weighted by Crippen LogP contribution is 2.08. The molecule has 1 aromatic carbocycles. The minimum absolute atomic E-state index is 0.0765. The summed E-state index contributed by atoms with van der Waals surface area (Å²) < 4.78 is 30.6. The van der Waals surface area contributed by atoms with Gasteiger partial charge in [0.25, 0.3) is 5.91 Å². The lowest BCUT2D eigenvalue weighted by Gasteiger charge is -2.04. The summed E-state index contributed by atoms with van der Waals surface area (Å²) in [5.74, 6) is -1.83. The first-order chi connectivity index (χ1) is 9.06. The summed E-state index contributed by atoms with van der Waals surface area (Å²) in [6, 6.07) is 4.78. The maximum atomic E-state index is 13.0. The second kappa shape index (κ2) is 5.60. The van der Waals surface area contributed by atoms with Crippen LogP contribution in [0.1, 0.15) is 21.8 Å². The van der Waals surface area contributed by atoms with Gasteiger partial charge in [0, 0.05) is 24.6 Å². The van der Waals surface area contributed by atoms with Crippen LogP contribution in [0.4, 0.5) is 8.78 Å². The fourth-order valence-electron chi connectivity index (χ4n) is 1.57. The predicted octanol–water partition coefficient (Wildman–Crippen LogP) is 2.23. The highest BCUT2D eigenvalue weighted by atomic mass is 19.2. The summed E-state index contributed by atoms with van der Waals surface area (Å²) in [6.07, 6.45) is 0.482. The third kappa shape index (κ3) is 3.37. The van der Waals surface area contributed by atoms with Crippen molar-refractivity contribution in [2.75, 3.05) is 6.54 Å². The lowest BCUT2D eigenvalue weighted by molar-refractivity contribution is 0.0953. The molecule has 0 saturated heterocycles. The molecule has 1 amide bonds. The summed E-state index contributed by atoms with van der Waals surface area (Å²) in [7, 11) is 0.